The van der Waals surface area contributed by atoms with Crippen LogP contribution in [0.15, 0.2) is 18.2 Å². The van der Waals surface area contributed by atoms with Gasteiger partial charge in [0.05, 0.1) is 5.56 Å². The highest BCUT2D eigenvalue weighted by atomic mass is 19.4. The van der Waals surface area contributed by atoms with Crippen LogP contribution in [0.4, 0.5) is 18.9 Å². The molecule has 14 heavy (non-hydrogen) atoms. The topological polar surface area (TPSA) is 26.0 Å². The molecule has 0 heterocycles. The second-order valence-corrected chi connectivity index (χ2v) is 2.59. The van der Waals surface area contributed by atoms with Crippen LogP contribution in [0.3, 0.4) is 0 Å². The number of anilines is 1. The summed E-state index contributed by atoms with van der Waals surface area (Å²) in [5.74, 6) is 0. The summed E-state index contributed by atoms with van der Waals surface area (Å²) < 4.78 is 36.4. The molecule has 80 valence electrons. The standard InChI is InChI=1S/C8H8F3N.C2H6/c1-5-2-3-7(12)6(4-5)8(9,10)11;1-2/h2-4H,12H2,1H3;1-2H3. The van der Waals surface area contributed by atoms with Gasteiger partial charge >= 0.3 is 6.18 Å². The van der Waals surface area contributed by atoms with Crippen molar-refractivity contribution in [3.63, 3.8) is 0 Å². The van der Waals surface area contributed by atoms with Crippen LogP contribution in [0, 0.1) is 6.92 Å². The SMILES string of the molecule is CC.Cc1ccc(N)c(C(F)(F)F)c1. The van der Waals surface area contributed by atoms with Gasteiger partial charge in [0, 0.05) is 5.69 Å². The highest BCUT2D eigenvalue weighted by Crippen LogP contribution is 2.33. The third kappa shape index (κ3) is 3.28. The van der Waals surface area contributed by atoms with Crippen molar-refractivity contribution in [3.8, 4) is 0 Å². The Labute approximate surface area is 81.7 Å². The lowest BCUT2D eigenvalue weighted by molar-refractivity contribution is -0.136. The molecule has 0 saturated heterocycles. The predicted molar refractivity (Wildman–Crippen MR) is 51.9 cm³/mol. The van der Waals surface area contributed by atoms with E-state index in [1.807, 2.05) is 13.8 Å². The Hall–Kier alpha value is -1.19. The molecule has 0 aliphatic heterocycles. The average molecular weight is 205 g/mol. The summed E-state index contributed by atoms with van der Waals surface area (Å²) in [5.41, 5.74) is 4.72. The number of hydrogen-bond acceptors (Lipinski definition) is 1. The van der Waals surface area contributed by atoms with Gasteiger partial charge in [0.1, 0.15) is 0 Å². The Morgan fingerprint density at radius 3 is 2.00 bits per heavy atom. The molecule has 4 heteroatoms. The molecule has 0 fully saturated rings. The van der Waals surface area contributed by atoms with Gasteiger partial charge in [-0.1, -0.05) is 25.5 Å². The predicted octanol–water partition coefficient (Wildman–Crippen LogP) is 3.62. The van der Waals surface area contributed by atoms with Crippen LogP contribution in [-0.4, -0.2) is 0 Å². The van der Waals surface area contributed by atoms with Gasteiger partial charge in [-0.2, -0.15) is 13.2 Å². The molecule has 2 N–H and O–H groups in total. The maximum Gasteiger partial charge on any atom is 0.418 e. The molecule has 0 aliphatic rings. The fourth-order valence-electron chi connectivity index (χ4n) is 0.916. The molecule has 1 nitrogen and oxygen atoms in total. The lowest BCUT2D eigenvalue weighted by Crippen LogP contribution is -2.08. The van der Waals surface area contributed by atoms with Gasteiger partial charge in [-0.25, -0.2) is 0 Å². The average Bonchev–Trinajstić information content (AvgIpc) is 2.11. The zero-order valence-corrected chi connectivity index (χ0v) is 8.44. The monoisotopic (exact) mass is 205 g/mol. The van der Waals surface area contributed by atoms with Crippen LogP contribution in [0.2, 0.25) is 0 Å². The zero-order valence-electron chi connectivity index (χ0n) is 8.44. The van der Waals surface area contributed by atoms with Crippen molar-refractivity contribution < 1.29 is 13.2 Å². The molecule has 0 atom stereocenters. The number of nitrogens with two attached hydrogens (primary N) is 1. The van der Waals surface area contributed by atoms with Crippen molar-refractivity contribution in [2.75, 3.05) is 5.73 Å². The summed E-state index contributed by atoms with van der Waals surface area (Å²) in [7, 11) is 0. The van der Waals surface area contributed by atoms with Crippen LogP contribution in [0.25, 0.3) is 0 Å². The third-order valence-electron chi connectivity index (χ3n) is 1.51. The maximum atomic E-state index is 12.1. The number of hydrogen-bond donors (Lipinski definition) is 1. The summed E-state index contributed by atoms with van der Waals surface area (Å²) in [5, 5.41) is 0. The van der Waals surface area contributed by atoms with Gasteiger partial charge in [-0.15, -0.1) is 0 Å². The van der Waals surface area contributed by atoms with E-state index in [2.05, 4.69) is 0 Å². The molecule has 1 aromatic rings. The number of halogens is 3. The summed E-state index contributed by atoms with van der Waals surface area (Å²) in [6, 6.07) is 3.85. The van der Waals surface area contributed by atoms with Gasteiger partial charge in [0.2, 0.25) is 0 Å². The van der Waals surface area contributed by atoms with E-state index in [1.54, 1.807) is 13.0 Å². The molecular weight excluding hydrogens is 191 g/mol. The van der Waals surface area contributed by atoms with Crippen LogP contribution in [0.1, 0.15) is 25.0 Å². The quantitative estimate of drug-likeness (QED) is 0.643. The number of benzene rings is 1. The Morgan fingerprint density at radius 2 is 1.64 bits per heavy atom. The molecule has 0 radical (unpaired) electrons. The third-order valence-corrected chi connectivity index (χ3v) is 1.51. The Bertz CT molecular complexity index is 292. The van der Waals surface area contributed by atoms with E-state index >= 15 is 0 Å². The van der Waals surface area contributed by atoms with E-state index in [0.717, 1.165) is 6.07 Å². The molecule has 0 unspecified atom stereocenters. The minimum Gasteiger partial charge on any atom is -0.398 e. The minimum atomic E-state index is -4.35. The second-order valence-electron chi connectivity index (χ2n) is 2.59. The van der Waals surface area contributed by atoms with E-state index < -0.39 is 11.7 Å². The van der Waals surface area contributed by atoms with Gasteiger partial charge in [0.25, 0.3) is 0 Å². The highest BCUT2D eigenvalue weighted by molar-refractivity contribution is 5.49. The van der Waals surface area contributed by atoms with Crippen molar-refractivity contribution in [1.29, 1.82) is 0 Å². The first-order valence-corrected chi connectivity index (χ1v) is 4.34. The van der Waals surface area contributed by atoms with E-state index in [0.29, 0.717) is 5.56 Å². The molecule has 0 aromatic heterocycles. The van der Waals surface area contributed by atoms with Crippen LogP contribution in [0.5, 0.6) is 0 Å². The molecule has 0 spiro atoms. The summed E-state index contributed by atoms with van der Waals surface area (Å²) in [4.78, 5) is 0. The van der Waals surface area contributed by atoms with Crippen molar-refractivity contribution >= 4 is 5.69 Å². The fraction of sp³-hybridized carbons (Fsp3) is 0.400. The summed E-state index contributed by atoms with van der Waals surface area (Å²) in [6.45, 7) is 5.59. The van der Waals surface area contributed by atoms with Crippen LogP contribution < -0.4 is 5.73 Å². The van der Waals surface area contributed by atoms with E-state index in [1.165, 1.54) is 6.07 Å². The van der Waals surface area contributed by atoms with Gasteiger partial charge in [0.15, 0.2) is 0 Å². The second kappa shape index (κ2) is 4.88. The lowest BCUT2D eigenvalue weighted by atomic mass is 10.1. The first-order chi connectivity index (χ1) is 6.41. The molecule has 0 aliphatic carbocycles. The van der Waals surface area contributed by atoms with Crippen molar-refractivity contribution in [3.05, 3.63) is 29.3 Å². The first kappa shape index (κ1) is 12.8. The van der Waals surface area contributed by atoms with E-state index in [-0.39, 0.29) is 5.69 Å². The molecule has 0 amide bonds. The molecule has 0 bridgehead atoms. The summed E-state index contributed by atoms with van der Waals surface area (Å²) in [6.07, 6.45) is -4.35. The minimum absolute atomic E-state index is 0.229. The van der Waals surface area contributed by atoms with Gasteiger partial charge in [-0.05, 0) is 19.1 Å². The van der Waals surface area contributed by atoms with Crippen LogP contribution in [-0.2, 0) is 6.18 Å². The lowest BCUT2D eigenvalue weighted by Gasteiger charge is -2.09. The molecule has 0 saturated carbocycles. The Kier molecular flexibility index (Phi) is 4.47. The van der Waals surface area contributed by atoms with Crippen molar-refractivity contribution in [1.82, 2.24) is 0 Å². The Morgan fingerprint density at radius 1 is 1.14 bits per heavy atom. The van der Waals surface area contributed by atoms with Gasteiger partial charge < -0.3 is 5.73 Å². The first-order valence-electron chi connectivity index (χ1n) is 4.34. The number of alkyl halides is 3. The zero-order chi connectivity index (χ0) is 11.4. The number of aryl methyl sites for hydroxylation is 1. The normalized spacial score (nSPS) is 10.4. The largest absolute Gasteiger partial charge is 0.418 e. The number of nitrogen functional groups attached to an aromatic ring is 1. The van der Waals surface area contributed by atoms with E-state index in [9.17, 15) is 13.2 Å². The maximum absolute atomic E-state index is 12.1. The van der Waals surface area contributed by atoms with Crippen molar-refractivity contribution in [2.45, 2.75) is 26.9 Å². The molecule has 1 rings (SSSR count). The van der Waals surface area contributed by atoms with Crippen molar-refractivity contribution in [2.24, 2.45) is 0 Å². The number of rotatable bonds is 0. The Balaban J connectivity index is 0.000000791. The summed E-state index contributed by atoms with van der Waals surface area (Å²) >= 11 is 0. The molecular formula is C10H14F3N. The van der Waals surface area contributed by atoms with E-state index in [4.69, 9.17) is 5.73 Å². The van der Waals surface area contributed by atoms with Crippen LogP contribution >= 0.6 is 0 Å². The fourth-order valence-corrected chi connectivity index (χ4v) is 0.916. The highest BCUT2D eigenvalue weighted by Gasteiger charge is 2.32. The van der Waals surface area contributed by atoms with Gasteiger partial charge in [-0.3, -0.25) is 0 Å². The smallest absolute Gasteiger partial charge is 0.398 e. The molecule has 1 aromatic carbocycles.